The number of benzene rings is 2. The van der Waals surface area contributed by atoms with Crippen molar-refractivity contribution < 1.29 is 23.5 Å². The van der Waals surface area contributed by atoms with E-state index in [4.69, 9.17) is 9.15 Å². The molecular weight excluding hydrogens is 364 g/mol. The first-order chi connectivity index (χ1) is 13.5. The Kier molecular flexibility index (Phi) is 5.50. The number of amides is 2. The van der Waals surface area contributed by atoms with E-state index in [1.54, 1.807) is 54.6 Å². The van der Waals surface area contributed by atoms with Gasteiger partial charge in [-0.3, -0.25) is 25.2 Å². The normalized spacial score (nSPS) is 11.5. The van der Waals surface area contributed by atoms with Crippen LogP contribution in [0.4, 0.5) is 0 Å². The molecule has 2 amide bonds. The molecule has 142 valence electrons. The predicted octanol–water partition coefficient (Wildman–Crippen LogP) is 1.80. The molecule has 1 heterocycles. The summed E-state index contributed by atoms with van der Waals surface area (Å²) < 4.78 is 10.4. The van der Waals surface area contributed by atoms with Gasteiger partial charge in [0.25, 0.3) is 11.8 Å². The fourth-order valence-corrected chi connectivity index (χ4v) is 2.36. The third-order valence-electron chi connectivity index (χ3n) is 3.82. The van der Waals surface area contributed by atoms with E-state index >= 15 is 0 Å². The number of esters is 1. The minimum Gasteiger partial charge on any atom is -0.449 e. The fourth-order valence-electron chi connectivity index (χ4n) is 2.36. The molecule has 3 aromatic rings. The molecule has 0 saturated heterocycles. The van der Waals surface area contributed by atoms with Gasteiger partial charge in [0, 0.05) is 11.6 Å². The zero-order valence-electron chi connectivity index (χ0n) is 14.8. The maximum absolute atomic E-state index is 12.2. The Morgan fingerprint density at radius 1 is 0.964 bits per heavy atom. The third kappa shape index (κ3) is 4.24. The van der Waals surface area contributed by atoms with Crippen LogP contribution in [0.1, 0.15) is 27.8 Å². The molecule has 0 aliphatic heterocycles. The van der Waals surface area contributed by atoms with Crippen LogP contribution in [0.25, 0.3) is 11.0 Å². The van der Waals surface area contributed by atoms with E-state index in [-0.39, 0.29) is 11.3 Å². The Balaban J connectivity index is 1.61. The highest BCUT2D eigenvalue weighted by molar-refractivity contribution is 5.96. The van der Waals surface area contributed by atoms with Crippen molar-refractivity contribution >= 4 is 28.8 Å². The summed E-state index contributed by atoms with van der Waals surface area (Å²) in [5, 5.41) is 0.327. The van der Waals surface area contributed by atoms with Crippen LogP contribution in [0.3, 0.4) is 0 Å². The Morgan fingerprint density at radius 2 is 1.64 bits per heavy atom. The van der Waals surface area contributed by atoms with Gasteiger partial charge in [-0.05, 0) is 31.2 Å². The second-order valence-electron chi connectivity index (χ2n) is 5.83. The van der Waals surface area contributed by atoms with E-state index in [2.05, 4.69) is 10.9 Å². The number of hydrazine groups is 1. The van der Waals surface area contributed by atoms with E-state index < -0.39 is 29.3 Å². The van der Waals surface area contributed by atoms with E-state index in [9.17, 15) is 19.2 Å². The summed E-state index contributed by atoms with van der Waals surface area (Å²) in [6.07, 6.45) is -1.24. The Hall–Kier alpha value is -3.94. The summed E-state index contributed by atoms with van der Waals surface area (Å²) in [5.74, 6) is -2.56. The lowest BCUT2D eigenvalue weighted by molar-refractivity contribution is -0.129. The molecule has 0 radical (unpaired) electrons. The first-order valence-electron chi connectivity index (χ1n) is 8.35. The average molecular weight is 380 g/mol. The highest BCUT2D eigenvalue weighted by atomic mass is 16.6. The topological polar surface area (TPSA) is 115 Å². The van der Waals surface area contributed by atoms with Crippen LogP contribution < -0.4 is 16.3 Å². The van der Waals surface area contributed by atoms with Crippen LogP contribution in [-0.2, 0) is 9.53 Å². The molecular formula is C20H16N2O6. The summed E-state index contributed by atoms with van der Waals surface area (Å²) >= 11 is 0. The van der Waals surface area contributed by atoms with Gasteiger partial charge < -0.3 is 9.15 Å². The third-order valence-corrected chi connectivity index (χ3v) is 3.82. The minimum absolute atomic E-state index is 0.231. The van der Waals surface area contributed by atoms with Crippen LogP contribution in [0.2, 0.25) is 0 Å². The van der Waals surface area contributed by atoms with Crippen LogP contribution in [0.5, 0.6) is 0 Å². The van der Waals surface area contributed by atoms with Crippen LogP contribution in [0.15, 0.2) is 69.9 Å². The number of carbonyl (C=O) groups excluding carboxylic acids is 3. The van der Waals surface area contributed by atoms with Crippen LogP contribution in [-0.4, -0.2) is 23.9 Å². The zero-order valence-corrected chi connectivity index (χ0v) is 14.8. The first kappa shape index (κ1) is 18.8. The van der Waals surface area contributed by atoms with Crippen molar-refractivity contribution in [3.8, 4) is 0 Å². The maximum atomic E-state index is 12.2. The van der Waals surface area contributed by atoms with Crippen molar-refractivity contribution in [3.63, 3.8) is 0 Å². The van der Waals surface area contributed by atoms with Crippen molar-refractivity contribution in [2.45, 2.75) is 13.0 Å². The number of carbonyl (C=O) groups is 3. The predicted molar refractivity (Wildman–Crippen MR) is 99.4 cm³/mol. The molecule has 2 N–H and O–H groups in total. The standard InChI is InChI=1S/C20H16N2O6/c1-12(18(24)21-22-19(25)13-7-3-2-4-8-13)27-20(26)17-11-15(23)14-9-5-6-10-16(14)28-17/h2-12H,1H3,(H,21,24)(H,22,25)/t12-/m1/s1. The van der Waals surface area contributed by atoms with Crippen LogP contribution in [0, 0.1) is 0 Å². The molecule has 0 unspecified atom stereocenters. The summed E-state index contributed by atoms with van der Waals surface area (Å²) in [6, 6.07) is 15.7. The summed E-state index contributed by atoms with van der Waals surface area (Å²) in [5.41, 5.74) is 4.57. The number of ether oxygens (including phenoxy) is 1. The minimum atomic E-state index is -1.24. The number of fused-ring (bicyclic) bond motifs is 1. The van der Waals surface area contributed by atoms with E-state index in [0.29, 0.717) is 10.9 Å². The average Bonchev–Trinajstić information content (AvgIpc) is 2.72. The molecule has 2 aromatic carbocycles. The molecule has 28 heavy (non-hydrogen) atoms. The first-order valence-corrected chi connectivity index (χ1v) is 8.35. The van der Waals surface area contributed by atoms with Gasteiger partial charge in [0.1, 0.15) is 5.58 Å². The van der Waals surface area contributed by atoms with Crippen LogP contribution >= 0.6 is 0 Å². The van der Waals surface area contributed by atoms with Crippen molar-refractivity contribution in [3.05, 3.63) is 82.2 Å². The Bertz CT molecular complexity index is 1090. The van der Waals surface area contributed by atoms with Gasteiger partial charge in [0.2, 0.25) is 5.76 Å². The highest BCUT2D eigenvalue weighted by Gasteiger charge is 2.22. The number of hydrogen-bond donors (Lipinski definition) is 2. The maximum Gasteiger partial charge on any atom is 0.375 e. The van der Waals surface area contributed by atoms with E-state index in [0.717, 1.165) is 6.07 Å². The fraction of sp³-hybridized carbons (Fsp3) is 0.100. The molecule has 0 aliphatic carbocycles. The Morgan fingerprint density at radius 3 is 2.39 bits per heavy atom. The van der Waals surface area contributed by atoms with Crippen molar-refractivity contribution in [2.24, 2.45) is 0 Å². The smallest absolute Gasteiger partial charge is 0.375 e. The van der Waals surface area contributed by atoms with E-state index in [1.165, 1.54) is 6.92 Å². The Labute approximate surface area is 159 Å². The molecule has 1 atom stereocenters. The lowest BCUT2D eigenvalue weighted by atomic mass is 10.2. The lowest BCUT2D eigenvalue weighted by Gasteiger charge is -2.13. The lowest BCUT2D eigenvalue weighted by Crippen LogP contribution is -2.46. The van der Waals surface area contributed by atoms with Crippen molar-refractivity contribution in [1.29, 1.82) is 0 Å². The van der Waals surface area contributed by atoms with Gasteiger partial charge in [0.15, 0.2) is 11.5 Å². The molecule has 8 nitrogen and oxygen atoms in total. The van der Waals surface area contributed by atoms with Gasteiger partial charge in [-0.15, -0.1) is 0 Å². The zero-order chi connectivity index (χ0) is 20.1. The molecule has 0 fully saturated rings. The van der Waals surface area contributed by atoms with Gasteiger partial charge in [-0.25, -0.2) is 4.79 Å². The summed E-state index contributed by atoms with van der Waals surface area (Å²) in [6.45, 7) is 1.32. The number of hydrogen-bond acceptors (Lipinski definition) is 6. The number of rotatable bonds is 4. The second kappa shape index (κ2) is 8.17. The highest BCUT2D eigenvalue weighted by Crippen LogP contribution is 2.13. The van der Waals surface area contributed by atoms with Crippen molar-refractivity contribution in [1.82, 2.24) is 10.9 Å². The summed E-state index contributed by atoms with van der Waals surface area (Å²) in [4.78, 5) is 48.2. The SMILES string of the molecule is C[C@@H](OC(=O)c1cc(=O)c2ccccc2o1)C(=O)NNC(=O)c1ccccc1. The molecule has 1 aromatic heterocycles. The molecule has 3 rings (SSSR count). The van der Waals surface area contributed by atoms with Crippen molar-refractivity contribution in [2.75, 3.05) is 0 Å². The van der Waals surface area contributed by atoms with Gasteiger partial charge in [-0.2, -0.15) is 0 Å². The largest absolute Gasteiger partial charge is 0.449 e. The number of para-hydroxylation sites is 1. The quantitative estimate of drug-likeness (QED) is 0.527. The monoisotopic (exact) mass is 380 g/mol. The second-order valence-corrected chi connectivity index (χ2v) is 5.83. The van der Waals surface area contributed by atoms with Gasteiger partial charge in [-0.1, -0.05) is 30.3 Å². The molecule has 0 bridgehead atoms. The number of nitrogens with one attached hydrogen (secondary N) is 2. The van der Waals surface area contributed by atoms with Gasteiger partial charge in [0.05, 0.1) is 5.39 Å². The van der Waals surface area contributed by atoms with E-state index in [1.807, 2.05) is 0 Å². The summed E-state index contributed by atoms with van der Waals surface area (Å²) in [7, 11) is 0. The molecule has 0 saturated carbocycles. The molecule has 8 heteroatoms. The van der Waals surface area contributed by atoms with Gasteiger partial charge >= 0.3 is 5.97 Å². The molecule has 0 aliphatic rings. The molecule has 0 spiro atoms.